The molecule has 0 aromatic heterocycles. The van der Waals surface area contributed by atoms with Gasteiger partial charge in [-0.2, -0.15) is 13.2 Å². The van der Waals surface area contributed by atoms with Gasteiger partial charge in [0.25, 0.3) is 0 Å². The van der Waals surface area contributed by atoms with E-state index in [1.165, 1.54) is 0 Å². The van der Waals surface area contributed by atoms with Crippen LogP contribution in [-0.2, 0) is 40.1 Å². The molecule has 11 nitrogen and oxygen atoms in total. The number of carbonyl (C=O) groups excluding carboxylic acids is 3. The molecule has 1 heterocycles. The summed E-state index contributed by atoms with van der Waals surface area (Å²) < 4.78 is 71.9. The number of piperidine rings is 1. The van der Waals surface area contributed by atoms with Crippen LogP contribution in [0.5, 0.6) is 0 Å². The van der Waals surface area contributed by atoms with Crippen LogP contribution in [0.25, 0.3) is 0 Å². The molecule has 1 aliphatic heterocycles. The van der Waals surface area contributed by atoms with Crippen molar-refractivity contribution in [3.05, 3.63) is 29.8 Å². The molecule has 3 N–H and O–H groups in total. The van der Waals surface area contributed by atoms with Crippen LogP contribution >= 0.6 is 0 Å². The van der Waals surface area contributed by atoms with Gasteiger partial charge in [0.2, 0.25) is 21.8 Å². The molecular weight excluding hydrogens is 535 g/mol. The summed E-state index contributed by atoms with van der Waals surface area (Å²) in [7, 11) is -3.31. The first-order valence-electron chi connectivity index (χ1n) is 11.7. The highest BCUT2D eigenvalue weighted by Gasteiger charge is 2.40. The molecule has 0 unspecified atom stereocenters. The molecule has 1 saturated heterocycles. The van der Waals surface area contributed by atoms with E-state index in [4.69, 9.17) is 9.84 Å². The molecule has 2 rings (SSSR count). The number of aliphatic carboxylic acids is 1. The van der Waals surface area contributed by atoms with Crippen molar-refractivity contribution < 1.29 is 50.6 Å². The van der Waals surface area contributed by atoms with E-state index in [2.05, 4.69) is 10.0 Å². The predicted molar refractivity (Wildman–Crippen MR) is 126 cm³/mol. The largest absolute Gasteiger partial charge is 0.481 e. The summed E-state index contributed by atoms with van der Waals surface area (Å²) in [6.45, 7) is 3.14. The van der Waals surface area contributed by atoms with Crippen molar-refractivity contribution in [2.75, 3.05) is 13.7 Å². The number of alkyl halides is 3. The number of amides is 2. The molecule has 2 amide bonds. The van der Waals surface area contributed by atoms with Crippen LogP contribution in [0.1, 0.15) is 45.1 Å². The van der Waals surface area contributed by atoms with E-state index in [-0.39, 0.29) is 19.4 Å². The number of carboxylic acids is 1. The second-order valence-corrected chi connectivity index (χ2v) is 10.8. The molecule has 212 valence electrons. The van der Waals surface area contributed by atoms with Crippen LogP contribution in [0.4, 0.5) is 13.2 Å². The zero-order valence-corrected chi connectivity index (χ0v) is 21.8. The molecule has 38 heavy (non-hydrogen) atoms. The maximum Gasteiger partial charge on any atom is 0.416 e. The summed E-state index contributed by atoms with van der Waals surface area (Å²) in [4.78, 5) is 49.4. The molecule has 0 spiro atoms. The Morgan fingerprint density at radius 1 is 1.18 bits per heavy atom. The molecule has 15 heteroatoms. The lowest BCUT2D eigenvalue weighted by molar-refractivity contribution is -0.149. The highest BCUT2D eigenvalue weighted by molar-refractivity contribution is 7.89. The normalized spacial score (nSPS) is 19.1. The SMILES string of the molecule is COC(=O)[C@H](NC(=O)[C@@H]1C[C@@H](NS(=O)(=O)c2cccc(C(F)(F)F)c2)CCN1C(=O)CCC(=O)O)C(C)C. The number of hydrogen-bond donors (Lipinski definition) is 3. The molecule has 1 fully saturated rings. The van der Waals surface area contributed by atoms with Gasteiger partial charge < -0.3 is 20.1 Å². The third-order valence-electron chi connectivity index (χ3n) is 5.99. The number of likely N-dealkylation sites (tertiary alicyclic amines) is 1. The van der Waals surface area contributed by atoms with E-state index in [0.717, 1.165) is 30.2 Å². The van der Waals surface area contributed by atoms with Crippen LogP contribution < -0.4 is 10.0 Å². The zero-order chi connectivity index (χ0) is 28.8. The molecule has 0 aliphatic carbocycles. The number of rotatable bonds is 10. The van der Waals surface area contributed by atoms with E-state index in [9.17, 15) is 40.8 Å². The fourth-order valence-electron chi connectivity index (χ4n) is 3.98. The number of ether oxygens (including phenoxy) is 1. The standard InChI is InChI=1S/C23H30F3N3O8S/c1-13(2)20(22(34)37-3)27-21(33)17-12-15(9-10-29(17)18(30)7-8-19(31)32)28-38(35,36)16-6-4-5-14(11-16)23(24,25)26/h4-6,11,13,15,17,20,28H,7-10,12H2,1-3H3,(H,27,33)(H,31,32)/t15-,17-,20+/m0/s1. The molecule has 3 atom stereocenters. The van der Waals surface area contributed by atoms with Crippen molar-refractivity contribution >= 4 is 33.8 Å². The molecule has 1 aliphatic rings. The Labute approximate surface area is 217 Å². The van der Waals surface area contributed by atoms with Gasteiger partial charge in [0.1, 0.15) is 12.1 Å². The Morgan fingerprint density at radius 3 is 2.39 bits per heavy atom. The monoisotopic (exact) mass is 565 g/mol. The lowest BCUT2D eigenvalue weighted by atomic mass is 9.95. The highest BCUT2D eigenvalue weighted by atomic mass is 32.2. The third-order valence-corrected chi connectivity index (χ3v) is 7.51. The number of methoxy groups -OCH3 is 1. The van der Waals surface area contributed by atoms with Gasteiger partial charge in [-0.05, 0) is 37.0 Å². The number of nitrogens with zero attached hydrogens (tertiary/aromatic N) is 1. The number of nitrogens with one attached hydrogen (secondary N) is 2. The van der Waals surface area contributed by atoms with Crippen molar-refractivity contribution in [2.45, 2.75) is 68.7 Å². The van der Waals surface area contributed by atoms with Gasteiger partial charge in [-0.3, -0.25) is 14.4 Å². The highest BCUT2D eigenvalue weighted by Crippen LogP contribution is 2.31. The number of esters is 1. The maximum absolute atomic E-state index is 13.2. The number of sulfonamides is 1. The number of carboxylic acid groups (broad SMARTS) is 1. The minimum atomic E-state index is -4.76. The van der Waals surface area contributed by atoms with Gasteiger partial charge in [0, 0.05) is 19.0 Å². The smallest absolute Gasteiger partial charge is 0.416 e. The van der Waals surface area contributed by atoms with E-state index in [1.807, 2.05) is 0 Å². The third kappa shape index (κ3) is 8.15. The fourth-order valence-corrected chi connectivity index (χ4v) is 5.31. The average molecular weight is 566 g/mol. The first-order chi connectivity index (χ1) is 17.6. The lowest BCUT2D eigenvalue weighted by Gasteiger charge is -2.39. The molecule has 0 bridgehead atoms. The van der Waals surface area contributed by atoms with Crippen LogP contribution in [0.2, 0.25) is 0 Å². The minimum absolute atomic E-state index is 0.00535. The predicted octanol–water partition coefficient (Wildman–Crippen LogP) is 1.52. The van der Waals surface area contributed by atoms with Crippen molar-refractivity contribution in [2.24, 2.45) is 5.92 Å². The quantitative estimate of drug-likeness (QED) is 0.360. The average Bonchev–Trinajstić information content (AvgIpc) is 2.84. The van der Waals surface area contributed by atoms with Crippen LogP contribution in [-0.4, -0.2) is 74.0 Å². The second-order valence-electron chi connectivity index (χ2n) is 9.12. The second kappa shape index (κ2) is 12.6. The van der Waals surface area contributed by atoms with Gasteiger partial charge in [0.05, 0.1) is 24.0 Å². The van der Waals surface area contributed by atoms with Gasteiger partial charge in [0.15, 0.2) is 0 Å². The molecule has 1 aromatic rings. The van der Waals surface area contributed by atoms with Crippen molar-refractivity contribution in [3.8, 4) is 0 Å². The summed E-state index contributed by atoms with van der Waals surface area (Å²) >= 11 is 0. The first kappa shape index (κ1) is 31.0. The van der Waals surface area contributed by atoms with E-state index in [1.54, 1.807) is 13.8 Å². The van der Waals surface area contributed by atoms with Crippen LogP contribution in [0.3, 0.4) is 0 Å². The maximum atomic E-state index is 13.2. The van der Waals surface area contributed by atoms with Crippen molar-refractivity contribution in [1.29, 1.82) is 0 Å². The van der Waals surface area contributed by atoms with Gasteiger partial charge in [-0.25, -0.2) is 17.9 Å². The molecule has 0 saturated carbocycles. The summed E-state index contributed by atoms with van der Waals surface area (Å²) in [6.07, 6.45) is -5.93. The summed E-state index contributed by atoms with van der Waals surface area (Å²) in [5.41, 5.74) is -1.15. The lowest BCUT2D eigenvalue weighted by Crippen LogP contribution is -2.59. The van der Waals surface area contributed by atoms with E-state index < -0.39 is 87.3 Å². The number of benzene rings is 1. The first-order valence-corrected chi connectivity index (χ1v) is 13.1. The fraction of sp³-hybridized carbons (Fsp3) is 0.565. The summed E-state index contributed by atoms with van der Waals surface area (Å²) in [5.74, 6) is -3.82. The topological polar surface area (TPSA) is 159 Å². The Bertz CT molecular complexity index is 1160. The van der Waals surface area contributed by atoms with E-state index >= 15 is 0 Å². The molecule has 0 radical (unpaired) electrons. The van der Waals surface area contributed by atoms with Crippen LogP contribution in [0.15, 0.2) is 29.2 Å². The number of hydrogen-bond acceptors (Lipinski definition) is 7. The van der Waals surface area contributed by atoms with Gasteiger partial charge in [-0.15, -0.1) is 0 Å². The van der Waals surface area contributed by atoms with Crippen LogP contribution in [0, 0.1) is 5.92 Å². The Kier molecular flexibility index (Phi) is 10.3. The minimum Gasteiger partial charge on any atom is -0.481 e. The summed E-state index contributed by atoms with van der Waals surface area (Å²) in [5, 5.41) is 11.4. The summed E-state index contributed by atoms with van der Waals surface area (Å²) in [6, 6.07) is -0.153. The zero-order valence-electron chi connectivity index (χ0n) is 20.9. The Morgan fingerprint density at radius 2 is 1.84 bits per heavy atom. The van der Waals surface area contributed by atoms with Gasteiger partial charge in [-0.1, -0.05) is 19.9 Å². The van der Waals surface area contributed by atoms with E-state index in [0.29, 0.717) is 6.07 Å². The Balaban J connectivity index is 2.30. The molecule has 1 aromatic carbocycles. The number of carbonyl (C=O) groups is 4. The van der Waals surface area contributed by atoms with Crippen molar-refractivity contribution in [1.82, 2.24) is 14.9 Å². The van der Waals surface area contributed by atoms with Crippen molar-refractivity contribution in [3.63, 3.8) is 0 Å². The van der Waals surface area contributed by atoms with Gasteiger partial charge >= 0.3 is 18.1 Å². The number of halogens is 3. The Hall–Kier alpha value is -3.20. The molecular formula is C23H30F3N3O8S.